The van der Waals surface area contributed by atoms with Gasteiger partial charge in [-0.05, 0) is 48.0 Å². The number of rotatable bonds is 2. The molecule has 0 saturated carbocycles. The summed E-state index contributed by atoms with van der Waals surface area (Å²) >= 11 is 22.2. The second-order valence-corrected chi connectivity index (χ2v) is 9.17. The van der Waals surface area contributed by atoms with Crippen molar-refractivity contribution in [3.8, 4) is 5.75 Å². The quantitative estimate of drug-likeness (QED) is 0.355. The Labute approximate surface area is 192 Å². The highest BCUT2D eigenvalue weighted by Gasteiger charge is 2.41. The summed E-state index contributed by atoms with van der Waals surface area (Å²) in [6.07, 6.45) is 0.319. The molecule has 5 rings (SSSR count). The maximum absolute atomic E-state index is 6.51. The molecule has 3 nitrogen and oxygen atoms in total. The summed E-state index contributed by atoms with van der Waals surface area (Å²) in [4.78, 5) is 0. The average Bonchev–Trinajstić information content (AvgIpc) is 3.14. The molecule has 0 unspecified atom stereocenters. The van der Waals surface area contributed by atoms with E-state index in [0.29, 0.717) is 15.1 Å². The summed E-state index contributed by atoms with van der Waals surface area (Å²) in [6, 6.07) is 19.3. The first kappa shape index (κ1) is 19.3. The summed E-state index contributed by atoms with van der Waals surface area (Å²) < 4.78 is 7.36. The molecule has 0 amide bonds. The molecule has 0 fully saturated rings. The SMILES string of the molecule is Clc1ccc(C2=NN3[C@@H](c4ccc(Cl)cc4Cl)Oc4ccc(Br)cc4[C@@H]3C2)cc1. The lowest BCUT2D eigenvalue weighted by atomic mass is 9.96. The van der Waals surface area contributed by atoms with Crippen LogP contribution in [-0.4, -0.2) is 10.7 Å². The van der Waals surface area contributed by atoms with Crippen LogP contribution in [0.2, 0.25) is 15.1 Å². The molecule has 146 valence electrons. The van der Waals surface area contributed by atoms with Gasteiger partial charge < -0.3 is 4.74 Å². The van der Waals surface area contributed by atoms with Crippen LogP contribution in [0.3, 0.4) is 0 Å². The molecule has 2 aliphatic rings. The third-order valence-corrected chi connectivity index (χ3v) is 6.47. The molecule has 0 aromatic heterocycles. The van der Waals surface area contributed by atoms with E-state index >= 15 is 0 Å². The summed E-state index contributed by atoms with van der Waals surface area (Å²) in [5, 5.41) is 8.77. The monoisotopic (exact) mass is 506 g/mol. The number of benzene rings is 3. The Bertz CT molecular complexity index is 1130. The highest BCUT2D eigenvalue weighted by Crippen LogP contribution is 2.49. The van der Waals surface area contributed by atoms with Crippen molar-refractivity contribution >= 4 is 56.4 Å². The molecule has 2 aliphatic heterocycles. The molecule has 0 saturated heterocycles. The van der Waals surface area contributed by atoms with Gasteiger partial charge in [-0.2, -0.15) is 5.10 Å². The van der Waals surface area contributed by atoms with Crippen LogP contribution in [0.1, 0.15) is 35.4 Å². The van der Waals surface area contributed by atoms with E-state index in [1.165, 1.54) is 0 Å². The van der Waals surface area contributed by atoms with Crippen LogP contribution in [0.5, 0.6) is 5.75 Å². The zero-order valence-corrected chi connectivity index (χ0v) is 18.8. The van der Waals surface area contributed by atoms with Gasteiger partial charge in [-0.25, -0.2) is 5.01 Å². The van der Waals surface area contributed by atoms with Gasteiger partial charge in [0, 0.05) is 32.1 Å². The molecule has 29 heavy (non-hydrogen) atoms. The summed E-state index contributed by atoms with van der Waals surface area (Å²) in [7, 11) is 0. The number of ether oxygens (including phenoxy) is 1. The fourth-order valence-corrected chi connectivity index (χ4v) is 4.79. The van der Waals surface area contributed by atoms with Crippen molar-refractivity contribution in [1.29, 1.82) is 0 Å². The Kier molecular flexibility index (Phi) is 4.99. The average molecular weight is 509 g/mol. The van der Waals surface area contributed by atoms with Crippen LogP contribution in [-0.2, 0) is 0 Å². The van der Waals surface area contributed by atoms with E-state index in [1.54, 1.807) is 6.07 Å². The van der Waals surface area contributed by atoms with Gasteiger partial charge in [-0.1, -0.05) is 68.9 Å². The number of nitrogens with zero attached hydrogens (tertiary/aromatic N) is 2. The van der Waals surface area contributed by atoms with Crippen molar-refractivity contribution in [2.24, 2.45) is 5.10 Å². The first-order valence-electron chi connectivity index (χ1n) is 9.02. The first-order valence-corrected chi connectivity index (χ1v) is 10.9. The van der Waals surface area contributed by atoms with Gasteiger partial charge in [-0.3, -0.25) is 0 Å². The van der Waals surface area contributed by atoms with Crippen LogP contribution in [0.15, 0.2) is 70.2 Å². The zero-order chi connectivity index (χ0) is 20.1. The zero-order valence-electron chi connectivity index (χ0n) is 14.9. The van der Waals surface area contributed by atoms with Crippen molar-refractivity contribution in [2.45, 2.75) is 18.7 Å². The minimum atomic E-state index is -0.441. The summed E-state index contributed by atoms with van der Waals surface area (Å²) in [6.45, 7) is 0. The largest absolute Gasteiger partial charge is 0.464 e. The Balaban J connectivity index is 1.62. The van der Waals surface area contributed by atoms with Crippen LogP contribution in [0.25, 0.3) is 0 Å². The van der Waals surface area contributed by atoms with Crippen molar-refractivity contribution in [1.82, 2.24) is 5.01 Å². The molecule has 3 aromatic rings. The van der Waals surface area contributed by atoms with Gasteiger partial charge in [-0.15, -0.1) is 0 Å². The lowest BCUT2D eigenvalue weighted by Gasteiger charge is -2.38. The van der Waals surface area contributed by atoms with Crippen LogP contribution < -0.4 is 4.74 Å². The number of hydrogen-bond acceptors (Lipinski definition) is 3. The van der Waals surface area contributed by atoms with E-state index in [1.807, 2.05) is 53.5 Å². The van der Waals surface area contributed by atoms with Crippen LogP contribution >= 0.6 is 50.7 Å². The first-order chi connectivity index (χ1) is 14.0. The highest BCUT2D eigenvalue weighted by molar-refractivity contribution is 9.10. The van der Waals surface area contributed by atoms with Gasteiger partial charge in [0.2, 0.25) is 6.23 Å². The lowest BCUT2D eigenvalue weighted by molar-refractivity contribution is -0.0190. The molecule has 7 heteroatoms. The van der Waals surface area contributed by atoms with Crippen LogP contribution in [0.4, 0.5) is 0 Å². The molecule has 2 heterocycles. The maximum Gasteiger partial charge on any atom is 0.215 e. The number of fused-ring (bicyclic) bond motifs is 3. The van der Waals surface area contributed by atoms with Gasteiger partial charge in [0.15, 0.2) is 0 Å². The number of halogens is 4. The van der Waals surface area contributed by atoms with E-state index in [2.05, 4.69) is 22.0 Å². The topological polar surface area (TPSA) is 24.8 Å². The Hall–Kier alpha value is -1.72. The van der Waals surface area contributed by atoms with Crippen LogP contribution in [0, 0.1) is 0 Å². The molecule has 0 N–H and O–H groups in total. The minimum Gasteiger partial charge on any atom is -0.464 e. The predicted octanol–water partition coefficient (Wildman–Crippen LogP) is 7.65. The number of hydrazone groups is 1. The van der Waals surface area contributed by atoms with E-state index in [0.717, 1.165) is 39.0 Å². The molecular formula is C22H14BrCl3N2O. The fourth-order valence-electron chi connectivity index (χ4n) is 3.78. The van der Waals surface area contributed by atoms with E-state index in [9.17, 15) is 0 Å². The van der Waals surface area contributed by atoms with E-state index < -0.39 is 6.23 Å². The third-order valence-electron chi connectivity index (χ3n) is 5.16. The maximum atomic E-state index is 6.51. The van der Waals surface area contributed by atoms with Crippen molar-refractivity contribution in [3.63, 3.8) is 0 Å². The van der Waals surface area contributed by atoms with Gasteiger partial charge in [0.1, 0.15) is 5.75 Å². The molecule has 0 aliphatic carbocycles. The molecular weight excluding hydrogens is 495 g/mol. The highest BCUT2D eigenvalue weighted by atomic mass is 79.9. The molecule has 2 atom stereocenters. The molecule has 0 spiro atoms. The van der Waals surface area contributed by atoms with Gasteiger partial charge >= 0.3 is 0 Å². The Morgan fingerprint density at radius 1 is 0.897 bits per heavy atom. The third kappa shape index (κ3) is 3.53. The minimum absolute atomic E-state index is 0.0404. The molecule has 0 bridgehead atoms. The fraction of sp³-hybridized carbons (Fsp3) is 0.136. The summed E-state index contributed by atoms with van der Waals surface area (Å²) in [5.74, 6) is 0.832. The van der Waals surface area contributed by atoms with Gasteiger partial charge in [0.05, 0.1) is 16.8 Å². The van der Waals surface area contributed by atoms with Crippen molar-refractivity contribution < 1.29 is 4.74 Å². The molecule has 0 radical (unpaired) electrons. The van der Waals surface area contributed by atoms with Crippen molar-refractivity contribution in [3.05, 3.63) is 96.9 Å². The molecule has 3 aromatic carbocycles. The second kappa shape index (κ2) is 7.51. The van der Waals surface area contributed by atoms with Crippen molar-refractivity contribution in [2.75, 3.05) is 0 Å². The van der Waals surface area contributed by atoms with E-state index in [-0.39, 0.29) is 6.04 Å². The van der Waals surface area contributed by atoms with E-state index in [4.69, 9.17) is 44.6 Å². The Morgan fingerprint density at radius 3 is 2.41 bits per heavy atom. The Morgan fingerprint density at radius 2 is 1.66 bits per heavy atom. The van der Waals surface area contributed by atoms with Gasteiger partial charge in [0.25, 0.3) is 0 Å². The number of hydrogen-bond donors (Lipinski definition) is 0. The normalized spacial score (nSPS) is 20.0. The lowest BCUT2D eigenvalue weighted by Crippen LogP contribution is -2.33. The second-order valence-electron chi connectivity index (χ2n) is 6.97. The predicted molar refractivity (Wildman–Crippen MR) is 121 cm³/mol. The smallest absolute Gasteiger partial charge is 0.215 e. The summed E-state index contributed by atoms with van der Waals surface area (Å²) in [5.41, 5.74) is 3.95. The standard InChI is InChI=1S/C22H14BrCl3N2O/c23-13-3-8-21-17(9-13)20-11-19(12-1-4-14(24)5-2-12)27-28(20)22(29-21)16-7-6-15(25)10-18(16)26/h1-10,20,22H,11H2/t20-,22+/m0/s1.